The van der Waals surface area contributed by atoms with E-state index in [4.69, 9.17) is 0 Å². The lowest BCUT2D eigenvalue weighted by molar-refractivity contribution is -0.120. The Kier molecular flexibility index (Phi) is 9.19. The summed E-state index contributed by atoms with van der Waals surface area (Å²) in [6.07, 6.45) is -0.708. The predicted octanol–water partition coefficient (Wildman–Crippen LogP) is 1.54. The summed E-state index contributed by atoms with van der Waals surface area (Å²) in [5, 5.41) is 1.87. The number of amides is 1. The maximum atomic E-state index is 11.5. The van der Waals surface area contributed by atoms with Crippen molar-refractivity contribution in [3.63, 3.8) is 0 Å². The molecule has 0 aliphatic carbocycles. The Hall–Kier alpha value is -0.0300. The van der Waals surface area contributed by atoms with E-state index in [-0.39, 0.29) is 23.6 Å². The van der Waals surface area contributed by atoms with E-state index in [2.05, 4.69) is 5.32 Å². The van der Waals surface area contributed by atoms with Gasteiger partial charge in [0.15, 0.2) is 0 Å². The Labute approximate surface area is 80.9 Å². The van der Waals surface area contributed by atoms with Gasteiger partial charge in [0, 0.05) is 0 Å². The molecule has 0 saturated carbocycles. The van der Waals surface area contributed by atoms with Crippen LogP contribution in [0.2, 0.25) is 0 Å². The third-order valence-electron chi connectivity index (χ3n) is 1.15. The average molecular weight is 220 g/mol. The molecule has 0 aromatic heterocycles. The lowest BCUT2D eigenvalue weighted by Crippen LogP contribution is -2.34. The number of hydrogen-bond donors (Lipinski definition) is 1. The van der Waals surface area contributed by atoms with Crippen LogP contribution in [0, 0.1) is 0 Å². The number of carbonyl (C=O) groups is 1. The van der Waals surface area contributed by atoms with Gasteiger partial charge in [0.2, 0.25) is 5.91 Å². The zero-order valence-corrected chi connectivity index (χ0v) is 8.48. The van der Waals surface area contributed by atoms with Crippen LogP contribution < -0.4 is 5.32 Å². The second-order valence-electron chi connectivity index (χ2n) is 2.01. The first kappa shape index (κ1) is 14.5. The molecule has 0 rings (SSSR count). The normalized spacial score (nSPS) is 12.1. The minimum Gasteiger partial charge on any atom is -0.349 e. The molecule has 0 aromatic carbocycles. The molecule has 6 heteroatoms. The molecule has 1 amide bonds. The minimum atomic E-state index is -2.46. The SMILES string of the molecule is CSC(C)C(=O)NCC(F)F.Cl. The first-order chi connectivity index (χ1) is 5.07. The third-order valence-corrected chi connectivity index (χ3v) is 2.07. The standard InChI is InChI=1S/C6H11F2NOS.ClH/c1-4(11-2)6(10)9-3-5(7)8;/h4-5H,3H2,1-2H3,(H,9,10);1H. The number of nitrogens with one attached hydrogen (secondary N) is 1. The minimum absolute atomic E-state index is 0. The van der Waals surface area contributed by atoms with Gasteiger partial charge in [0.25, 0.3) is 6.43 Å². The molecule has 0 bridgehead atoms. The van der Waals surface area contributed by atoms with Gasteiger partial charge in [0.05, 0.1) is 11.8 Å². The van der Waals surface area contributed by atoms with Gasteiger partial charge in [-0.15, -0.1) is 12.4 Å². The quantitative estimate of drug-likeness (QED) is 0.777. The van der Waals surface area contributed by atoms with Crippen molar-refractivity contribution in [1.82, 2.24) is 5.32 Å². The highest BCUT2D eigenvalue weighted by Crippen LogP contribution is 2.04. The fourth-order valence-corrected chi connectivity index (χ4v) is 0.726. The third kappa shape index (κ3) is 6.67. The Morgan fingerprint density at radius 1 is 1.58 bits per heavy atom. The van der Waals surface area contributed by atoms with Crippen LogP contribution in [0.5, 0.6) is 0 Å². The first-order valence-electron chi connectivity index (χ1n) is 3.16. The molecule has 0 saturated heterocycles. The highest BCUT2D eigenvalue weighted by atomic mass is 35.5. The zero-order chi connectivity index (χ0) is 8.85. The molecule has 0 spiro atoms. The van der Waals surface area contributed by atoms with E-state index in [1.807, 2.05) is 0 Å². The molecule has 0 aliphatic heterocycles. The van der Waals surface area contributed by atoms with E-state index in [9.17, 15) is 13.6 Å². The van der Waals surface area contributed by atoms with Crippen LogP contribution in [0.3, 0.4) is 0 Å². The molecule has 12 heavy (non-hydrogen) atoms. The molecule has 0 heterocycles. The second kappa shape index (κ2) is 7.61. The van der Waals surface area contributed by atoms with Crippen molar-refractivity contribution in [3.8, 4) is 0 Å². The van der Waals surface area contributed by atoms with E-state index < -0.39 is 13.0 Å². The molecule has 74 valence electrons. The molecule has 0 fully saturated rings. The van der Waals surface area contributed by atoms with Crippen molar-refractivity contribution in [2.24, 2.45) is 0 Å². The second-order valence-corrected chi connectivity index (χ2v) is 3.19. The first-order valence-corrected chi connectivity index (χ1v) is 4.45. The van der Waals surface area contributed by atoms with Gasteiger partial charge < -0.3 is 5.32 Å². The molecule has 2 nitrogen and oxygen atoms in total. The average Bonchev–Trinajstić information content (AvgIpc) is 1.98. The molecule has 0 aromatic rings. The van der Waals surface area contributed by atoms with E-state index in [1.54, 1.807) is 13.2 Å². The molecular formula is C6H12ClF2NOS. The monoisotopic (exact) mass is 219 g/mol. The summed E-state index contributed by atoms with van der Waals surface area (Å²) in [7, 11) is 0. The highest BCUT2D eigenvalue weighted by molar-refractivity contribution is 7.99. The van der Waals surface area contributed by atoms with Crippen LogP contribution in [0.1, 0.15) is 6.92 Å². The molecular weight excluding hydrogens is 208 g/mol. The largest absolute Gasteiger partial charge is 0.349 e. The number of halogens is 3. The van der Waals surface area contributed by atoms with Gasteiger partial charge in [-0.05, 0) is 13.2 Å². The van der Waals surface area contributed by atoms with Crippen LogP contribution in [0.15, 0.2) is 0 Å². The Balaban J connectivity index is 0. The summed E-state index contributed by atoms with van der Waals surface area (Å²) in [5.74, 6) is -0.335. The fraction of sp³-hybridized carbons (Fsp3) is 0.833. The van der Waals surface area contributed by atoms with E-state index in [0.717, 1.165) is 0 Å². The van der Waals surface area contributed by atoms with Crippen molar-refractivity contribution in [2.45, 2.75) is 18.6 Å². The van der Waals surface area contributed by atoms with Gasteiger partial charge >= 0.3 is 0 Å². The molecule has 1 N–H and O–H groups in total. The van der Waals surface area contributed by atoms with E-state index in [1.165, 1.54) is 11.8 Å². The maximum absolute atomic E-state index is 11.5. The van der Waals surface area contributed by atoms with E-state index >= 15 is 0 Å². The lowest BCUT2D eigenvalue weighted by atomic mass is 10.4. The Morgan fingerprint density at radius 3 is 2.42 bits per heavy atom. The number of hydrogen-bond acceptors (Lipinski definition) is 2. The molecule has 0 radical (unpaired) electrons. The number of alkyl halides is 2. The molecule has 0 aliphatic rings. The van der Waals surface area contributed by atoms with Crippen LogP contribution in [-0.2, 0) is 4.79 Å². The smallest absolute Gasteiger partial charge is 0.255 e. The van der Waals surface area contributed by atoms with Gasteiger partial charge in [-0.2, -0.15) is 11.8 Å². The summed E-state index contributed by atoms with van der Waals surface area (Å²) >= 11 is 1.33. The van der Waals surface area contributed by atoms with Crippen molar-refractivity contribution in [2.75, 3.05) is 12.8 Å². The van der Waals surface area contributed by atoms with Crippen LogP contribution in [-0.4, -0.2) is 30.4 Å². The molecule has 1 atom stereocenters. The van der Waals surface area contributed by atoms with Crippen molar-refractivity contribution in [1.29, 1.82) is 0 Å². The summed E-state index contributed by atoms with van der Waals surface area (Å²) in [6.45, 7) is 1.12. The van der Waals surface area contributed by atoms with Crippen LogP contribution in [0.4, 0.5) is 8.78 Å². The van der Waals surface area contributed by atoms with Crippen molar-refractivity contribution < 1.29 is 13.6 Å². The topological polar surface area (TPSA) is 29.1 Å². The summed E-state index contributed by atoms with van der Waals surface area (Å²) in [4.78, 5) is 10.8. The Bertz CT molecular complexity index is 137. The highest BCUT2D eigenvalue weighted by Gasteiger charge is 2.12. The molecule has 1 unspecified atom stereocenters. The van der Waals surface area contributed by atoms with Gasteiger partial charge in [-0.3, -0.25) is 4.79 Å². The van der Waals surface area contributed by atoms with Crippen molar-refractivity contribution in [3.05, 3.63) is 0 Å². The van der Waals surface area contributed by atoms with Crippen molar-refractivity contribution >= 4 is 30.1 Å². The fourth-order valence-electron chi connectivity index (χ4n) is 0.429. The lowest BCUT2D eigenvalue weighted by Gasteiger charge is -2.08. The van der Waals surface area contributed by atoms with E-state index in [0.29, 0.717) is 0 Å². The maximum Gasteiger partial charge on any atom is 0.255 e. The zero-order valence-electron chi connectivity index (χ0n) is 6.84. The van der Waals surface area contributed by atoms with Gasteiger partial charge in [-0.25, -0.2) is 8.78 Å². The van der Waals surface area contributed by atoms with Gasteiger partial charge in [-0.1, -0.05) is 0 Å². The summed E-state index contributed by atoms with van der Waals surface area (Å²) in [5.41, 5.74) is 0. The van der Waals surface area contributed by atoms with Gasteiger partial charge in [0.1, 0.15) is 0 Å². The predicted molar refractivity (Wildman–Crippen MR) is 49.2 cm³/mol. The van der Waals surface area contributed by atoms with Crippen LogP contribution >= 0.6 is 24.2 Å². The summed E-state index contributed by atoms with van der Waals surface area (Å²) in [6, 6.07) is 0. The number of rotatable bonds is 4. The number of thioether (sulfide) groups is 1. The van der Waals surface area contributed by atoms with Crippen LogP contribution in [0.25, 0.3) is 0 Å². The number of carbonyl (C=O) groups excluding carboxylic acids is 1. The summed E-state index contributed by atoms with van der Waals surface area (Å²) < 4.78 is 23.1. The Morgan fingerprint density at radius 2 is 2.08 bits per heavy atom.